The van der Waals surface area contributed by atoms with Crippen LogP contribution < -0.4 is 5.73 Å². The number of fused-ring (bicyclic) bond motifs is 1. The number of hydrogen-bond donors (Lipinski definition) is 1. The van der Waals surface area contributed by atoms with Crippen molar-refractivity contribution in [1.29, 1.82) is 0 Å². The van der Waals surface area contributed by atoms with Crippen molar-refractivity contribution in [2.75, 3.05) is 5.73 Å². The lowest BCUT2D eigenvalue weighted by atomic mass is 10.3. The molecule has 0 aliphatic rings. The Labute approximate surface area is 81.8 Å². The molecule has 0 unspecified atom stereocenters. The van der Waals surface area contributed by atoms with Crippen LogP contribution in [0.3, 0.4) is 0 Å². The van der Waals surface area contributed by atoms with Gasteiger partial charge in [-0.1, -0.05) is 11.3 Å². The summed E-state index contributed by atoms with van der Waals surface area (Å²) < 4.78 is 1.96. The van der Waals surface area contributed by atoms with Crippen LogP contribution in [0, 0.1) is 6.92 Å². The van der Waals surface area contributed by atoms with Crippen molar-refractivity contribution < 1.29 is 0 Å². The first kappa shape index (κ1) is 7.94. The summed E-state index contributed by atoms with van der Waals surface area (Å²) in [5.74, 6) is 0. The summed E-state index contributed by atoms with van der Waals surface area (Å²) in [4.78, 5) is 8.37. The summed E-state index contributed by atoms with van der Waals surface area (Å²) in [6, 6.07) is 0. The van der Waals surface area contributed by atoms with Crippen LogP contribution in [0.2, 0.25) is 0 Å². The first-order chi connectivity index (χ1) is 5.68. The molecule has 0 atom stereocenters. The molecule has 0 radical (unpaired) electrons. The third-order valence-corrected chi connectivity index (χ3v) is 3.34. The summed E-state index contributed by atoms with van der Waals surface area (Å²) in [6.07, 6.45) is 1.80. The molecule has 62 valence electrons. The lowest BCUT2D eigenvalue weighted by molar-refractivity contribution is 1.20. The second-order valence-electron chi connectivity index (χ2n) is 2.42. The maximum Gasteiger partial charge on any atom is 0.181 e. The molecule has 2 N–H and O–H groups in total. The Morgan fingerprint density at radius 2 is 2.33 bits per heavy atom. The molecule has 3 nitrogen and oxygen atoms in total. The number of hydrogen-bond acceptors (Lipinski definition) is 4. The van der Waals surface area contributed by atoms with Crippen LogP contribution in [0.4, 0.5) is 5.13 Å². The number of aryl methyl sites for hydroxylation is 1. The zero-order valence-electron chi connectivity index (χ0n) is 6.34. The van der Waals surface area contributed by atoms with E-state index in [2.05, 4.69) is 25.9 Å². The second-order valence-corrected chi connectivity index (χ2v) is 4.28. The number of nitrogens with zero attached hydrogens (tertiary/aromatic N) is 2. The SMILES string of the molecule is Cc1ncc2sc(N)nc2c1Br. The normalized spacial score (nSPS) is 10.8. The van der Waals surface area contributed by atoms with Gasteiger partial charge in [-0.2, -0.15) is 0 Å². The van der Waals surface area contributed by atoms with E-state index in [-0.39, 0.29) is 0 Å². The van der Waals surface area contributed by atoms with E-state index in [9.17, 15) is 0 Å². The van der Waals surface area contributed by atoms with Crippen molar-refractivity contribution in [2.24, 2.45) is 0 Å². The monoisotopic (exact) mass is 243 g/mol. The molecule has 0 bridgehead atoms. The highest BCUT2D eigenvalue weighted by atomic mass is 79.9. The zero-order valence-corrected chi connectivity index (χ0v) is 8.74. The van der Waals surface area contributed by atoms with E-state index < -0.39 is 0 Å². The number of thiazole rings is 1. The highest BCUT2D eigenvalue weighted by molar-refractivity contribution is 9.10. The molecule has 0 aliphatic carbocycles. The molecule has 0 aromatic carbocycles. The lowest BCUT2D eigenvalue weighted by Crippen LogP contribution is -1.83. The quantitative estimate of drug-likeness (QED) is 0.773. The molecule has 2 aromatic heterocycles. The van der Waals surface area contributed by atoms with E-state index >= 15 is 0 Å². The van der Waals surface area contributed by atoms with E-state index in [0.717, 1.165) is 20.4 Å². The van der Waals surface area contributed by atoms with Crippen LogP contribution >= 0.6 is 27.3 Å². The summed E-state index contributed by atoms with van der Waals surface area (Å²) in [5, 5.41) is 0.582. The summed E-state index contributed by atoms with van der Waals surface area (Å²) >= 11 is 4.87. The summed E-state index contributed by atoms with van der Waals surface area (Å²) in [7, 11) is 0. The molecule has 2 rings (SSSR count). The molecular weight excluding hydrogens is 238 g/mol. The Balaban J connectivity index is 2.89. The number of pyridine rings is 1. The third-order valence-electron chi connectivity index (χ3n) is 1.57. The van der Waals surface area contributed by atoms with Gasteiger partial charge in [0.2, 0.25) is 0 Å². The van der Waals surface area contributed by atoms with Gasteiger partial charge < -0.3 is 5.73 Å². The first-order valence-corrected chi connectivity index (χ1v) is 4.96. The highest BCUT2D eigenvalue weighted by Crippen LogP contribution is 2.30. The molecule has 12 heavy (non-hydrogen) atoms. The van der Waals surface area contributed by atoms with E-state index in [1.165, 1.54) is 11.3 Å². The van der Waals surface area contributed by atoms with E-state index in [4.69, 9.17) is 5.73 Å². The van der Waals surface area contributed by atoms with E-state index in [0.29, 0.717) is 5.13 Å². The number of nitrogens with two attached hydrogens (primary N) is 1. The van der Waals surface area contributed by atoms with Gasteiger partial charge in [-0.3, -0.25) is 4.98 Å². The second kappa shape index (κ2) is 2.67. The van der Waals surface area contributed by atoms with Crippen LogP contribution in [0.1, 0.15) is 5.69 Å². The van der Waals surface area contributed by atoms with Crippen molar-refractivity contribution in [3.05, 3.63) is 16.4 Å². The van der Waals surface area contributed by atoms with Gasteiger partial charge in [0.05, 0.1) is 14.9 Å². The zero-order chi connectivity index (χ0) is 8.72. The van der Waals surface area contributed by atoms with Gasteiger partial charge in [-0.05, 0) is 22.9 Å². The Bertz CT molecular complexity index is 437. The largest absolute Gasteiger partial charge is 0.375 e. The number of nitrogen functional groups attached to an aromatic ring is 1. The summed E-state index contributed by atoms with van der Waals surface area (Å²) in [6.45, 7) is 1.93. The highest BCUT2D eigenvalue weighted by Gasteiger charge is 2.07. The topological polar surface area (TPSA) is 51.8 Å². The Hall–Kier alpha value is -0.680. The molecule has 2 aromatic rings. The number of aromatic nitrogens is 2. The van der Waals surface area contributed by atoms with E-state index in [1.54, 1.807) is 6.20 Å². The fourth-order valence-electron chi connectivity index (χ4n) is 0.977. The molecule has 0 aliphatic heterocycles. The molecule has 0 saturated heterocycles. The maximum atomic E-state index is 5.57. The van der Waals surface area contributed by atoms with Crippen LogP contribution in [0.25, 0.3) is 10.2 Å². The molecule has 0 amide bonds. The molecule has 5 heteroatoms. The predicted molar refractivity (Wildman–Crippen MR) is 54.3 cm³/mol. The van der Waals surface area contributed by atoms with Crippen molar-refractivity contribution in [3.8, 4) is 0 Å². The van der Waals surface area contributed by atoms with Gasteiger partial charge in [-0.15, -0.1) is 0 Å². The van der Waals surface area contributed by atoms with Gasteiger partial charge >= 0.3 is 0 Å². The molecule has 2 heterocycles. The van der Waals surface area contributed by atoms with Gasteiger partial charge in [0.25, 0.3) is 0 Å². The van der Waals surface area contributed by atoms with Gasteiger partial charge in [0.1, 0.15) is 5.52 Å². The third kappa shape index (κ3) is 1.09. The Kier molecular flexibility index (Phi) is 1.77. The average Bonchev–Trinajstić information content (AvgIpc) is 2.39. The number of rotatable bonds is 0. The van der Waals surface area contributed by atoms with Crippen molar-refractivity contribution >= 4 is 42.6 Å². The van der Waals surface area contributed by atoms with Crippen molar-refractivity contribution in [3.63, 3.8) is 0 Å². The van der Waals surface area contributed by atoms with Gasteiger partial charge in [0, 0.05) is 6.20 Å². The molecule has 0 spiro atoms. The fraction of sp³-hybridized carbons (Fsp3) is 0.143. The number of anilines is 1. The number of halogens is 1. The molecule has 0 fully saturated rings. The minimum atomic E-state index is 0.582. The van der Waals surface area contributed by atoms with Crippen molar-refractivity contribution in [2.45, 2.75) is 6.92 Å². The van der Waals surface area contributed by atoms with Crippen LogP contribution in [0.5, 0.6) is 0 Å². The summed E-state index contributed by atoms with van der Waals surface area (Å²) in [5.41, 5.74) is 7.41. The Morgan fingerprint density at radius 1 is 1.58 bits per heavy atom. The minimum Gasteiger partial charge on any atom is -0.375 e. The molecular formula is C7H6BrN3S. The van der Waals surface area contributed by atoms with Crippen molar-refractivity contribution in [1.82, 2.24) is 9.97 Å². The van der Waals surface area contributed by atoms with Gasteiger partial charge in [-0.25, -0.2) is 4.98 Å². The standard InChI is InChI=1S/C7H6BrN3S/c1-3-5(8)6-4(2-10-3)12-7(9)11-6/h2H,1H3,(H2,9,11). The van der Waals surface area contributed by atoms with Crippen LogP contribution in [-0.2, 0) is 0 Å². The Morgan fingerprint density at radius 3 is 3.08 bits per heavy atom. The maximum absolute atomic E-state index is 5.57. The predicted octanol–water partition coefficient (Wildman–Crippen LogP) is 2.34. The van der Waals surface area contributed by atoms with Crippen LogP contribution in [-0.4, -0.2) is 9.97 Å². The van der Waals surface area contributed by atoms with Crippen LogP contribution in [0.15, 0.2) is 10.7 Å². The first-order valence-electron chi connectivity index (χ1n) is 3.35. The minimum absolute atomic E-state index is 0.582. The van der Waals surface area contributed by atoms with E-state index in [1.807, 2.05) is 6.92 Å². The molecule has 0 saturated carbocycles. The smallest absolute Gasteiger partial charge is 0.181 e. The average molecular weight is 244 g/mol. The fourth-order valence-corrected chi connectivity index (χ4v) is 2.23. The lowest BCUT2D eigenvalue weighted by Gasteiger charge is -1.95. The van der Waals surface area contributed by atoms with Gasteiger partial charge in [0.15, 0.2) is 5.13 Å².